The second kappa shape index (κ2) is 10.0. The van der Waals surface area contributed by atoms with Gasteiger partial charge in [-0.25, -0.2) is 8.42 Å². The van der Waals surface area contributed by atoms with Crippen LogP contribution in [0.25, 0.3) is 10.4 Å². The molecule has 2 aromatic carbocycles. The highest BCUT2D eigenvalue weighted by Gasteiger charge is 2.24. The van der Waals surface area contributed by atoms with Crippen molar-refractivity contribution in [3.8, 4) is 21.9 Å². The number of halogens is 1. The van der Waals surface area contributed by atoms with Crippen molar-refractivity contribution >= 4 is 44.3 Å². The van der Waals surface area contributed by atoms with E-state index in [2.05, 4.69) is 28.8 Å². The van der Waals surface area contributed by atoms with Crippen molar-refractivity contribution in [1.82, 2.24) is 5.32 Å². The molecule has 0 radical (unpaired) electrons. The molecule has 2 unspecified atom stereocenters. The molecule has 0 spiro atoms. The number of sulfonamides is 1. The predicted molar refractivity (Wildman–Crippen MR) is 139 cm³/mol. The first-order chi connectivity index (χ1) is 16.2. The van der Waals surface area contributed by atoms with Gasteiger partial charge in [-0.1, -0.05) is 11.6 Å². The Morgan fingerprint density at radius 2 is 1.68 bits per heavy atom. The largest absolute Gasteiger partial charge is 0.496 e. The molecule has 2 heterocycles. The van der Waals surface area contributed by atoms with Gasteiger partial charge in [-0.05, 0) is 62.4 Å². The van der Waals surface area contributed by atoms with Crippen LogP contribution in [-0.2, 0) is 10.0 Å². The van der Waals surface area contributed by atoms with Gasteiger partial charge in [-0.2, -0.15) is 0 Å². The highest BCUT2D eigenvalue weighted by atomic mass is 35.5. The summed E-state index contributed by atoms with van der Waals surface area (Å²) in [6.45, 7) is 5.94. The number of rotatable bonds is 7. The molecule has 2 atom stereocenters. The van der Waals surface area contributed by atoms with Gasteiger partial charge in [0.2, 0.25) is 0 Å². The average molecular weight is 522 g/mol. The fraction of sp³-hybridized carbons (Fsp3) is 0.333. The third kappa shape index (κ3) is 5.27. The number of nitrogens with one attached hydrogen (secondary N) is 2. The minimum atomic E-state index is -3.85. The van der Waals surface area contributed by atoms with E-state index < -0.39 is 10.0 Å². The summed E-state index contributed by atoms with van der Waals surface area (Å²) in [6.07, 6.45) is 0. The smallest absolute Gasteiger partial charge is 0.271 e. The summed E-state index contributed by atoms with van der Waals surface area (Å²) >= 11 is 7.30. The average Bonchev–Trinajstić information content (AvgIpc) is 3.29. The van der Waals surface area contributed by atoms with E-state index in [0.29, 0.717) is 34.3 Å². The first kappa shape index (κ1) is 24.7. The third-order valence-electron chi connectivity index (χ3n) is 5.62. The molecule has 4 rings (SSSR count). The van der Waals surface area contributed by atoms with Crippen LogP contribution in [0.5, 0.6) is 11.5 Å². The maximum absolute atomic E-state index is 13.3. The molecule has 182 valence electrons. The van der Waals surface area contributed by atoms with Gasteiger partial charge in [-0.15, -0.1) is 11.3 Å². The maximum Gasteiger partial charge on any atom is 0.271 e. The number of hydrogen-bond acceptors (Lipinski definition) is 7. The monoisotopic (exact) mass is 521 g/mol. The maximum atomic E-state index is 13.3. The van der Waals surface area contributed by atoms with Crippen molar-refractivity contribution in [1.29, 1.82) is 0 Å². The number of piperazine rings is 1. The zero-order valence-corrected chi connectivity index (χ0v) is 21.9. The molecule has 34 heavy (non-hydrogen) atoms. The molecule has 2 N–H and O–H groups in total. The Labute approximate surface area is 209 Å². The van der Waals surface area contributed by atoms with Crippen LogP contribution in [0.2, 0.25) is 5.02 Å². The van der Waals surface area contributed by atoms with E-state index in [1.54, 1.807) is 43.5 Å². The Hall–Kier alpha value is -2.46. The molecule has 10 heteroatoms. The van der Waals surface area contributed by atoms with Gasteiger partial charge in [0.25, 0.3) is 10.0 Å². The topological polar surface area (TPSA) is 79.9 Å². The lowest BCUT2D eigenvalue weighted by atomic mass is 10.1. The lowest BCUT2D eigenvalue weighted by Crippen LogP contribution is -2.54. The Balaban J connectivity index is 1.63. The Morgan fingerprint density at radius 1 is 1.00 bits per heavy atom. The normalized spacial score (nSPS) is 18.6. The molecule has 1 aliphatic heterocycles. The third-order valence-corrected chi connectivity index (χ3v) is 8.83. The second-order valence-corrected chi connectivity index (χ2v) is 11.8. The van der Waals surface area contributed by atoms with Crippen LogP contribution in [0.15, 0.2) is 52.7 Å². The van der Waals surface area contributed by atoms with E-state index in [1.165, 1.54) is 7.11 Å². The van der Waals surface area contributed by atoms with E-state index in [9.17, 15) is 8.42 Å². The SMILES string of the molecule is COc1ccc(N2CC(C)NC(C)C2)cc1NS(=O)(=O)c1ccc(-c2cc(Cl)ccc2OC)s1. The molecule has 0 amide bonds. The number of ether oxygens (including phenoxy) is 2. The predicted octanol–water partition coefficient (Wildman–Crippen LogP) is 5.07. The second-order valence-electron chi connectivity index (χ2n) is 8.33. The summed E-state index contributed by atoms with van der Waals surface area (Å²) in [5, 5.41) is 4.06. The van der Waals surface area contributed by atoms with E-state index in [1.807, 2.05) is 12.1 Å². The first-order valence-electron chi connectivity index (χ1n) is 10.9. The van der Waals surface area contributed by atoms with E-state index in [-0.39, 0.29) is 4.21 Å². The number of anilines is 2. The summed E-state index contributed by atoms with van der Waals surface area (Å²) in [5.74, 6) is 1.08. The summed E-state index contributed by atoms with van der Waals surface area (Å²) < 4.78 is 40.3. The summed E-state index contributed by atoms with van der Waals surface area (Å²) in [7, 11) is -0.756. The zero-order valence-electron chi connectivity index (χ0n) is 19.5. The zero-order chi connectivity index (χ0) is 24.5. The molecular weight excluding hydrogens is 494 g/mol. The minimum Gasteiger partial charge on any atom is -0.496 e. The van der Waals surface area contributed by atoms with Crippen molar-refractivity contribution in [2.45, 2.75) is 30.1 Å². The van der Waals surface area contributed by atoms with Crippen LogP contribution in [0.1, 0.15) is 13.8 Å². The standard InChI is InChI=1S/C24H28ClN3O4S2/c1-15-13-28(14-16(2)26-15)18-6-8-22(32-4)20(12-18)27-34(29,30)24-10-9-23(33-24)19-11-17(25)5-7-21(19)31-3/h5-12,15-16,26-27H,13-14H2,1-4H3. The molecule has 0 aliphatic carbocycles. The molecule has 0 bridgehead atoms. The molecule has 3 aromatic rings. The Bertz CT molecular complexity index is 1270. The molecule has 1 saturated heterocycles. The lowest BCUT2D eigenvalue weighted by Gasteiger charge is -2.38. The van der Waals surface area contributed by atoms with Gasteiger partial charge in [-0.3, -0.25) is 4.72 Å². The van der Waals surface area contributed by atoms with Gasteiger partial charge in [0, 0.05) is 46.3 Å². The van der Waals surface area contributed by atoms with Gasteiger partial charge in [0.1, 0.15) is 15.7 Å². The van der Waals surface area contributed by atoms with Crippen molar-refractivity contribution in [3.05, 3.63) is 53.6 Å². The molecule has 7 nitrogen and oxygen atoms in total. The lowest BCUT2D eigenvalue weighted by molar-refractivity contribution is 0.406. The van der Waals surface area contributed by atoms with Crippen molar-refractivity contribution < 1.29 is 17.9 Å². The van der Waals surface area contributed by atoms with Gasteiger partial charge >= 0.3 is 0 Å². The molecular formula is C24H28ClN3O4S2. The fourth-order valence-corrected chi connectivity index (χ4v) is 6.75. The fourth-order valence-electron chi connectivity index (χ4n) is 4.19. The Morgan fingerprint density at radius 3 is 2.35 bits per heavy atom. The number of nitrogens with zero attached hydrogens (tertiary/aromatic N) is 1. The summed E-state index contributed by atoms with van der Waals surface area (Å²) in [4.78, 5) is 2.99. The van der Waals surface area contributed by atoms with E-state index >= 15 is 0 Å². The highest BCUT2D eigenvalue weighted by molar-refractivity contribution is 7.94. The minimum absolute atomic E-state index is 0.182. The van der Waals surface area contributed by atoms with Crippen LogP contribution in [-0.4, -0.2) is 47.8 Å². The van der Waals surface area contributed by atoms with E-state index in [0.717, 1.165) is 40.6 Å². The van der Waals surface area contributed by atoms with Crippen LogP contribution in [0.3, 0.4) is 0 Å². The quantitative estimate of drug-likeness (QED) is 0.451. The molecule has 0 saturated carbocycles. The first-order valence-corrected chi connectivity index (χ1v) is 13.5. The van der Waals surface area contributed by atoms with Crippen molar-refractivity contribution in [3.63, 3.8) is 0 Å². The Kier molecular flexibility index (Phi) is 7.28. The number of methoxy groups -OCH3 is 2. The van der Waals surface area contributed by atoms with Gasteiger partial charge in [0.05, 0.1) is 19.9 Å². The number of benzene rings is 2. The van der Waals surface area contributed by atoms with Crippen LogP contribution < -0.4 is 24.4 Å². The van der Waals surface area contributed by atoms with Crippen molar-refractivity contribution in [2.24, 2.45) is 0 Å². The van der Waals surface area contributed by atoms with Crippen LogP contribution in [0, 0.1) is 0 Å². The van der Waals surface area contributed by atoms with Gasteiger partial charge in [0.15, 0.2) is 0 Å². The number of hydrogen-bond donors (Lipinski definition) is 2. The number of thiophene rings is 1. The highest BCUT2D eigenvalue weighted by Crippen LogP contribution is 2.39. The van der Waals surface area contributed by atoms with Crippen LogP contribution in [0.4, 0.5) is 11.4 Å². The molecule has 1 aromatic heterocycles. The molecule has 1 aliphatic rings. The molecule has 1 fully saturated rings. The summed E-state index contributed by atoms with van der Waals surface area (Å²) in [5.41, 5.74) is 2.08. The van der Waals surface area contributed by atoms with Crippen molar-refractivity contribution in [2.75, 3.05) is 36.9 Å². The van der Waals surface area contributed by atoms with Gasteiger partial charge < -0.3 is 19.7 Å². The summed E-state index contributed by atoms with van der Waals surface area (Å²) in [6, 6.07) is 14.8. The van der Waals surface area contributed by atoms with Crippen LogP contribution >= 0.6 is 22.9 Å². The van der Waals surface area contributed by atoms with E-state index in [4.69, 9.17) is 21.1 Å².